The Kier molecular flexibility index (Phi) is 3.51. The van der Waals surface area contributed by atoms with E-state index in [1.54, 1.807) is 25.1 Å². The minimum Gasteiger partial charge on any atom is -0.491 e. The monoisotopic (exact) mass is 287 g/mol. The Morgan fingerprint density at radius 2 is 2.19 bits per heavy atom. The Labute approximate surface area is 121 Å². The molecule has 1 unspecified atom stereocenters. The summed E-state index contributed by atoms with van der Waals surface area (Å²) in [5.74, 6) is 0.0432. The van der Waals surface area contributed by atoms with E-state index in [0.29, 0.717) is 18.8 Å². The summed E-state index contributed by atoms with van der Waals surface area (Å²) in [4.78, 5) is 12.1. The van der Waals surface area contributed by atoms with E-state index in [-0.39, 0.29) is 23.5 Å². The number of halogens is 1. The molecule has 1 atom stereocenters. The number of nitrogens with one attached hydrogen (secondary N) is 1. The van der Waals surface area contributed by atoms with Gasteiger partial charge in [-0.15, -0.1) is 5.10 Å². The van der Waals surface area contributed by atoms with Gasteiger partial charge >= 0.3 is 0 Å². The number of aromatic nitrogens is 2. The fourth-order valence-corrected chi connectivity index (χ4v) is 2.24. The molecule has 1 N–H and O–H groups in total. The van der Waals surface area contributed by atoms with Gasteiger partial charge in [0.2, 0.25) is 0 Å². The number of rotatable bonds is 2. The van der Waals surface area contributed by atoms with Crippen LogP contribution in [0.2, 0.25) is 0 Å². The summed E-state index contributed by atoms with van der Waals surface area (Å²) in [7, 11) is 0. The molecule has 1 amide bonds. The number of nitrogens with zero attached hydrogens (tertiary/aromatic N) is 2. The van der Waals surface area contributed by atoms with Gasteiger partial charge in [-0.25, -0.2) is 4.39 Å². The SMILES string of the molecule is Cc1ccc(C(=O)NC2COc3ccc(F)cc3C2)nn1. The first-order valence-electron chi connectivity index (χ1n) is 6.64. The van der Waals surface area contributed by atoms with Crippen LogP contribution in [0.1, 0.15) is 21.7 Å². The highest BCUT2D eigenvalue weighted by molar-refractivity contribution is 5.92. The maximum absolute atomic E-state index is 13.2. The average molecular weight is 287 g/mol. The van der Waals surface area contributed by atoms with E-state index in [0.717, 1.165) is 11.3 Å². The largest absolute Gasteiger partial charge is 0.491 e. The van der Waals surface area contributed by atoms with Crippen molar-refractivity contribution < 1.29 is 13.9 Å². The second kappa shape index (κ2) is 5.47. The molecule has 0 radical (unpaired) electrons. The molecule has 0 aliphatic carbocycles. The summed E-state index contributed by atoms with van der Waals surface area (Å²) in [5, 5.41) is 10.5. The lowest BCUT2D eigenvalue weighted by Crippen LogP contribution is -2.43. The first-order chi connectivity index (χ1) is 10.1. The molecule has 2 heterocycles. The molecule has 1 aromatic heterocycles. The smallest absolute Gasteiger partial charge is 0.272 e. The Balaban J connectivity index is 1.69. The molecule has 0 saturated carbocycles. The van der Waals surface area contributed by atoms with Gasteiger partial charge in [-0.05, 0) is 49.2 Å². The van der Waals surface area contributed by atoms with Crippen LogP contribution in [-0.2, 0) is 6.42 Å². The van der Waals surface area contributed by atoms with Crippen molar-refractivity contribution in [3.63, 3.8) is 0 Å². The van der Waals surface area contributed by atoms with Gasteiger partial charge in [0.15, 0.2) is 5.69 Å². The highest BCUT2D eigenvalue weighted by Crippen LogP contribution is 2.25. The molecule has 0 spiro atoms. The minimum atomic E-state index is -0.311. The van der Waals surface area contributed by atoms with E-state index in [1.807, 2.05) is 0 Å². The van der Waals surface area contributed by atoms with Gasteiger partial charge in [-0.2, -0.15) is 5.10 Å². The molecule has 1 aliphatic heterocycles. The highest BCUT2D eigenvalue weighted by Gasteiger charge is 2.22. The zero-order chi connectivity index (χ0) is 14.8. The van der Waals surface area contributed by atoms with Crippen molar-refractivity contribution in [2.45, 2.75) is 19.4 Å². The van der Waals surface area contributed by atoms with Crippen LogP contribution >= 0.6 is 0 Å². The second-order valence-corrected chi connectivity index (χ2v) is 5.00. The molecular weight excluding hydrogens is 273 g/mol. The summed E-state index contributed by atoms with van der Waals surface area (Å²) in [6, 6.07) is 7.53. The molecule has 0 saturated heterocycles. The van der Waals surface area contributed by atoms with E-state index in [9.17, 15) is 9.18 Å². The van der Waals surface area contributed by atoms with Gasteiger partial charge in [0, 0.05) is 0 Å². The predicted octanol–water partition coefficient (Wildman–Crippen LogP) is 1.66. The van der Waals surface area contributed by atoms with Gasteiger partial charge in [0.1, 0.15) is 18.2 Å². The van der Waals surface area contributed by atoms with Crippen molar-refractivity contribution in [2.75, 3.05) is 6.61 Å². The van der Waals surface area contributed by atoms with Crippen LogP contribution in [0.15, 0.2) is 30.3 Å². The zero-order valence-corrected chi connectivity index (χ0v) is 11.5. The molecule has 108 valence electrons. The maximum Gasteiger partial charge on any atom is 0.272 e. The van der Waals surface area contributed by atoms with Gasteiger partial charge < -0.3 is 10.1 Å². The summed E-state index contributed by atoms with van der Waals surface area (Å²) in [5.41, 5.74) is 1.75. The Bertz CT molecular complexity index is 673. The van der Waals surface area contributed by atoms with Crippen molar-refractivity contribution in [1.29, 1.82) is 0 Å². The molecule has 2 aromatic rings. The van der Waals surface area contributed by atoms with Crippen molar-refractivity contribution in [1.82, 2.24) is 15.5 Å². The van der Waals surface area contributed by atoms with E-state index in [2.05, 4.69) is 15.5 Å². The molecule has 0 bridgehead atoms. The number of ether oxygens (including phenoxy) is 1. The fourth-order valence-electron chi connectivity index (χ4n) is 2.24. The number of hydrogen-bond donors (Lipinski definition) is 1. The molecule has 0 fully saturated rings. The zero-order valence-electron chi connectivity index (χ0n) is 11.5. The van der Waals surface area contributed by atoms with Gasteiger partial charge in [0.25, 0.3) is 5.91 Å². The number of amides is 1. The third kappa shape index (κ3) is 2.99. The molecule has 5 nitrogen and oxygen atoms in total. The number of carbonyl (C=O) groups is 1. The highest BCUT2D eigenvalue weighted by atomic mass is 19.1. The average Bonchev–Trinajstić information content (AvgIpc) is 2.47. The van der Waals surface area contributed by atoms with Gasteiger partial charge in [0.05, 0.1) is 11.7 Å². The number of aryl methyl sites for hydroxylation is 1. The fraction of sp³-hybridized carbons (Fsp3) is 0.267. The van der Waals surface area contributed by atoms with Gasteiger partial charge in [-0.1, -0.05) is 0 Å². The first kappa shape index (κ1) is 13.5. The molecule has 6 heteroatoms. The van der Waals surface area contributed by atoms with Crippen LogP contribution in [-0.4, -0.2) is 28.8 Å². The Hall–Kier alpha value is -2.50. The number of fused-ring (bicyclic) bond motifs is 1. The molecule has 3 rings (SSSR count). The molecule has 1 aromatic carbocycles. The van der Waals surface area contributed by atoms with Crippen molar-refractivity contribution in [2.24, 2.45) is 0 Å². The lowest BCUT2D eigenvalue weighted by atomic mass is 10.0. The van der Waals surface area contributed by atoms with Crippen LogP contribution in [0, 0.1) is 12.7 Å². The van der Waals surface area contributed by atoms with Crippen LogP contribution in [0.5, 0.6) is 5.75 Å². The van der Waals surface area contributed by atoms with E-state index in [1.165, 1.54) is 12.1 Å². The van der Waals surface area contributed by atoms with E-state index < -0.39 is 0 Å². The molecule has 21 heavy (non-hydrogen) atoms. The second-order valence-electron chi connectivity index (χ2n) is 5.00. The molecular formula is C15H14FN3O2. The summed E-state index contributed by atoms with van der Waals surface area (Å²) in [6.07, 6.45) is 0.526. The Morgan fingerprint density at radius 3 is 2.95 bits per heavy atom. The lowest BCUT2D eigenvalue weighted by molar-refractivity contribution is 0.0909. The normalized spacial score (nSPS) is 16.8. The number of carbonyl (C=O) groups excluding carboxylic acids is 1. The maximum atomic E-state index is 13.2. The van der Waals surface area contributed by atoms with Crippen molar-refractivity contribution in [3.05, 3.63) is 53.1 Å². The number of benzene rings is 1. The van der Waals surface area contributed by atoms with Crippen LogP contribution < -0.4 is 10.1 Å². The van der Waals surface area contributed by atoms with Gasteiger partial charge in [-0.3, -0.25) is 4.79 Å². The first-order valence-corrected chi connectivity index (χ1v) is 6.64. The Morgan fingerprint density at radius 1 is 1.33 bits per heavy atom. The molecule has 1 aliphatic rings. The summed E-state index contributed by atoms with van der Waals surface area (Å²) in [6.45, 7) is 2.15. The predicted molar refractivity (Wildman–Crippen MR) is 73.6 cm³/mol. The van der Waals surface area contributed by atoms with E-state index >= 15 is 0 Å². The van der Waals surface area contributed by atoms with Crippen molar-refractivity contribution in [3.8, 4) is 5.75 Å². The number of hydrogen-bond acceptors (Lipinski definition) is 4. The minimum absolute atomic E-state index is 0.213. The van der Waals surface area contributed by atoms with Crippen LogP contribution in [0.25, 0.3) is 0 Å². The quantitative estimate of drug-likeness (QED) is 0.912. The van der Waals surface area contributed by atoms with Crippen LogP contribution in [0.3, 0.4) is 0 Å². The van der Waals surface area contributed by atoms with E-state index in [4.69, 9.17) is 4.74 Å². The standard InChI is InChI=1S/C15H14FN3O2/c1-9-2-4-13(19-18-9)15(20)17-12-7-10-6-11(16)3-5-14(10)21-8-12/h2-6,12H,7-8H2,1H3,(H,17,20). The summed E-state index contributed by atoms with van der Waals surface area (Å²) >= 11 is 0. The lowest BCUT2D eigenvalue weighted by Gasteiger charge is -2.25. The topological polar surface area (TPSA) is 64.1 Å². The summed E-state index contributed by atoms with van der Waals surface area (Å²) < 4.78 is 18.8. The van der Waals surface area contributed by atoms with Crippen LogP contribution in [0.4, 0.5) is 4.39 Å². The third-order valence-corrected chi connectivity index (χ3v) is 3.29. The third-order valence-electron chi connectivity index (χ3n) is 3.29. The van der Waals surface area contributed by atoms with Crippen molar-refractivity contribution >= 4 is 5.91 Å².